The zero-order valence-electron chi connectivity index (χ0n) is 18.8. The molecule has 4 rings (SSSR count). The average molecular weight is 482 g/mol. The molecule has 0 amide bonds. The molecule has 33 heavy (non-hydrogen) atoms. The molecular weight excluding hydrogens is 451 g/mol. The first-order valence-corrected chi connectivity index (χ1v) is 12.0. The van der Waals surface area contributed by atoms with Crippen LogP contribution < -0.4 is 4.74 Å². The van der Waals surface area contributed by atoms with E-state index in [1.807, 2.05) is 24.3 Å². The second kappa shape index (κ2) is 9.85. The van der Waals surface area contributed by atoms with E-state index in [-0.39, 0.29) is 11.3 Å². The van der Waals surface area contributed by atoms with Crippen LogP contribution in [0.3, 0.4) is 0 Å². The van der Waals surface area contributed by atoms with Crippen molar-refractivity contribution in [1.82, 2.24) is 4.90 Å². The SMILES string of the molecule is C[C@@H]1CC[C@H](COc2ccc(C(F)(F)F)cc2)CN1C[C@H](O)C1(c2ccc(Cl)cc2)CCC1. The van der Waals surface area contributed by atoms with Crippen molar-refractivity contribution in [2.45, 2.75) is 62.8 Å². The Morgan fingerprint density at radius 3 is 2.33 bits per heavy atom. The Hall–Kier alpha value is -1.76. The highest BCUT2D eigenvalue weighted by Crippen LogP contribution is 2.47. The van der Waals surface area contributed by atoms with E-state index in [1.165, 1.54) is 12.1 Å². The van der Waals surface area contributed by atoms with Gasteiger partial charge in [-0.25, -0.2) is 0 Å². The number of β-amino-alcohol motifs (C(OH)–C–C–N with tert-alkyl or cyclic N) is 1. The van der Waals surface area contributed by atoms with Gasteiger partial charge in [0.25, 0.3) is 0 Å². The van der Waals surface area contributed by atoms with Crippen LogP contribution in [0.15, 0.2) is 48.5 Å². The van der Waals surface area contributed by atoms with Crippen LogP contribution in [0.2, 0.25) is 5.02 Å². The number of piperidine rings is 1. The summed E-state index contributed by atoms with van der Waals surface area (Å²) in [5, 5.41) is 12.0. The molecule has 3 atom stereocenters. The second-order valence-corrected chi connectivity index (χ2v) is 10.0. The van der Waals surface area contributed by atoms with Crippen molar-refractivity contribution in [3.63, 3.8) is 0 Å². The molecule has 2 aromatic rings. The number of likely N-dealkylation sites (tertiary alicyclic amines) is 1. The van der Waals surface area contributed by atoms with Crippen LogP contribution in [0.4, 0.5) is 13.2 Å². The quantitative estimate of drug-likeness (QED) is 0.502. The standard InChI is InChI=1S/C26H31ClF3NO2/c1-18-3-4-19(17-33-23-11-7-21(8-12-23)26(28,29)30)15-31(18)16-24(32)25(13-2-14-25)20-5-9-22(27)10-6-20/h5-12,18-19,24,32H,2-4,13-17H2,1H3/t18-,19+,24+/m1/s1. The van der Waals surface area contributed by atoms with Crippen LogP contribution in [-0.4, -0.2) is 41.8 Å². The van der Waals surface area contributed by atoms with Crippen LogP contribution in [0.5, 0.6) is 5.75 Å². The van der Waals surface area contributed by atoms with Gasteiger partial charge in [-0.05, 0) is 74.6 Å². The van der Waals surface area contributed by atoms with Crippen molar-refractivity contribution in [2.75, 3.05) is 19.7 Å². The third-order valence-electron chi connectivity index (χ3n) is 7.49. The lowest BCUT2D eigenvalue weighted by Gasteiger charge is -2.49. The Labute approximate surface area is 198 Å². The van der Waals surface area contributed by atoms with Crippen LogP contribution in [0.1, 0.15) is 50.2 Å². The number of rotatable bonds is 7. The first-order chi connectivity index (χ1) is 15.7. The molecule has 1 saturated carbocycles. The van der Waals surface area contributed by atoms with Gasteiger partial charge in [0.05, 0.1) is 18.3 Å². The molecule has 7 heteroatoms. The number of halogens is 4. The summed E-state index contributed by atoms with van der Waals surface area (Å²) < 4.78 is 44.1. The van der Waals surface area contributed by atoms with E-state index in [9.17, 15) is 18.3 Å². The normalized spacial score (nSPS) is 24.2. The number of ether oxygens (including phenoxy) is 1. The topological polar surface area (TPSA) is 32.7 Å². The van der Waals surface area contributed by atoms with Gasteiger partial charge in [-0.3, -0.25) is 4.90 Å². The smallest absolute Gasteiger partial charge is 0.416 e. The summed E-state index contributed by atoms with van der Waals surface area (Å²) in [4.78, 5) is 2.34. The van der Waals surface area contributed by atoms with Crippen LogP contribution in [0.25, 0.3) is 0 Å². The molecule has 3 nitrogen and oxygen atoms in total. The molecule has 1 aliphatic heterocycles. The Bertz CT molecular complexity index is 913. The first kappa shape index (κ1) is 24.4. The monoisotopic (exact) mass is 481 g/mol. The van der Waals surface area contributed by atoms with Crippen molar-refractivity contribution in [1.29, 1.82) is 0 Å². The number of hydrogen-bond acceptors (Lipinski definition) is 3. The predicted octanol–water partition coefficient (Wildman–Crippen LogP) is 6.32. The van der Waals surface area contributed by atoms with Gasteiger partial charge < -0.3 is 9.84 Å². The van der Waals surface area contributed by atoms with E-state index in [4.69, 9.17) is 16.3 Å². The van der Waals surface area contributed by atoms with Crippen LogP contribution in [0, 0.1) is 5.92 Å². The molecular formula is C26H31ClF3NO2. The largest absolute Gasteiger partial charge is 0.493 e. The molecule has 0 radical (unpaired) electrons. The number of nitrogens with zero attached hydrogens (tertiary/aromatic N) is 1. The molecule has 2 fully saturated rings. The van der Waals surface area contributed by atoms with Crippen LogP contribution in [-0.2, 0) is 11.6 Å². The van der Waals surface area contributed by atoms with E-state index >= 15 is 0 Å². The molecule has 1 heterocycles. The number of hydrogen-bond donors (Lipinski definition) is 1. The lowest BCUT2D eigenvalue weighted by atomic mass is 9.61. The predicted molar refractivity (Wildman–Crippen MR) is 124 cm³/mol. The summed E-state index contributed by atoms with van der Waals surface area (Å²) in [6.07, 6.45) is 0.238. The van der Waals surface area contributed by atoms with E-state index in [2.05, 4.69) is 11.8 Å². The van der Waals surface area contributed by atoms with Gasteiger partial charge in [-0.2, -0.15) is 13.2 Å². The van der Waals surface area contributed by atoms with E-state index < -0.39 is 17.8 Å². The maximum absolute atomic E-state index is 12.7. The average Bonchev–Trinajstić information content (AvgIpc) is 2.74. The summed E-state index contributed by atoms with van der Waals surface area (Å²) in [7, 11) is 0. The fourth-order valence-electron chi connectivity index (χ4n) is 5.16. The molecule has 2 aliphatic rings. The van der Waals surface area contributed by atoms with Crippen molar-refractivity contribution in [2.24, 2.45) is 5.92 Å². The van der Waals surface area contributed by atoms with Gasteiger partial charge in [0, 0.05) is 35.5 Å². The van der Waals surface area contributed by atoms with E-state index in [1.54, 1.807) is 0 Å². The summed E-state index contributed by atoms with van der Waals surface area (Å²) in [6, 6.07) is 13.1. The highest BCUT2D eigenvalue weighted by Gasteiger charge is 2.46. The molecule has 180 valence electrons. The maximum Gasteiger partial charge on any atom is 0.416 e. The molecule has 1 N–H and O–H groups in total. The van der Waals surface area contributed by atoms with Gasteiger partial charge in [-0.1, -0.05) is 30.2 Å². The number of alkyl halides is 3. The Balaban J connectivity index is 1.35. The summed E-state index contributed by atoms with van der Waals surface area (Å²) in [5.41, 5.74) is 0.262. The lowest BCUT2D eigenvalue weighted by Crippen LogP contribution is -2.54. The fourth-order valence-corrected chi connectivity index (χ4v) is 5.28. The summed E-state index contributed by atoms with van der Waals surface area (Å²) >= 11 is 6.06. The van der Waals surface area contributed by atoms with Crippen LogP contribution >= 0.6 is 11.6 Å². The minimum atomic E-state index is -4.34. The minimum Gasteiger partial charge on any atom is -0.493 e. The zero-order chi connectivity index (χ0) is 23.6. The molecule has 0 bridgehead atoms. The zero-order valence-corrected chi connectivity index (χ0v) is 19.6. The number of benzene rings is 2. The highest BCUT2D eigenvalue weighted by atomic mass is 35.5. The summed E-state index contributed by atoms with van der Waals surface area (Å²) in [6.45, 7) is 4.04. The van der Waals surface area contributed by atoms with E-state index in [0.29, 0.717) is 30.0 Å². The molecule has 2 aromatic carbocycles. The Morgan fingerprint density at radius 1 is 1.09 bits per heavy atom. The molecule has 0 unspecified atom stereocenters. The van der Waals surface area contributed by atoms with Crippen molar-refractivity contribution < 1.29 is 23.0 Å². The van der Waals surface area contributed by atoms with Gasteiger partial charge >= 0.3 is 6.18 Å². The minimum absolute atomic E-state index is 0.214. The van der Waals surface area contributed by atoms with Crippen molar-refractivity contribution in [3.05, 3.63) is 64.7 Å². The van der Waals surface area contributed by atoms with Gasteiger partial charge in [-0.15, -0.1) is 0 Å². The molecule has 1 aliphatic carbocycles. The first-order valence-electron chi connectivity index (χ1n) is 11.7. The maximum atomic E-state index is 12.7. The van der Waals surface area contributed by atoms with Crippen molar-refractivity contribution in [3.8, 4) is 5.75 Å². The summed E-state index contributed by atoms with van der Waals surface area (Å²) in [5.74, 6) is 0.716. The Kier molecular flexibility index (Phi) is 7.27. The Morgan fingerprint density at radius 2 is 1.76 bits per heavy atom. The fraction of sp³-hybridized carbons (Fsp3) is 0.538. The number of aliphatic hydroxyl groups excluding tert-OH is 1. The van der Waals surface area contributed by atoms with E-state index in [0.717, 1.165) is 56.3 Å². The molecule has 0 aromatic heterocycles. The molecule has 0 spiro atoms. The highest BCUT2D eigenvalue weighted by molar-refractivity contribution is 6.30. The van der Waals surface area contributed by atoms with Gasteiger partial charge in [0.2, 0.25) is 0 Å². The van der Waals surface area contributed by atoms with Gasteiger partial charge in [0.1, 0.15) is 5.75 Å². The lowest BCUT2D eigenvalue weighted by molar-refractivity contribution is -0.137. The van der Waals surface area contributed by atoms with Crippen molar-refractivity contribution >= 4 is 11.6 Å². The third kappa shape index (κ3) is 5.50. The second-order valence-electron chi connectivity index (χ2n) is 9.61. The third-order valence-corrected chi connectivity index (χ3v) is 7.74. The van der Waals surface area contributed by atoms with Gasteiger partial charge in [0.15, 0.2) is 0 Å². The molecule has 1 saturated heterocycles. The number of aliphatic hydroxyl groups is 1.